The highest BCUT2D eigenvalue weighted by Crippen LogP contribution is 1.96. The van der Waals surface area contributed by atoms with E-state index in [4.69, 9.17) is 9.47 Å². The van der Waals surface area contributed by atoms with Crippen molar-refractivity contribution >= 4 is 5.97 Å². The molecule has 2 heterocycles. The summed E-state index contributed by atoms with van der Waals surface area (Å²) in [5, 5.41) is 4.03. The number of aromatic nitrogens is 3. The summed E-state index contributed by atoms with van der Waals surface area (Å²) in [6.07, 6.45) is 1.53. The van der Waals surface area contributed by atoms with Crippen LogP contribution >= 0.6 is 0 Å². The Kier molecular flexibility index (Phi) is 4.66. The average molecular weight is 254 g/mol. The van der Waals surface area contributed by atoms with Gasteiger partial charge in [0.1, 0.15) is 25.3 Å². The minimum absolute atomic E-state index is 0.115. The normalized spacial score (nSPS) is 16.7. The number of esters is 1. The van der Waals surface area contributed by atoms with Crippen LogP contribution in [0.1, 0.15) is 5.82 Å². The second-order valence-electron chi connectivity index (χ2n) is 4.16. The van der Waals surface area contributed by atoms with Gasteiger partial charge >= 0.3 is 5.97 Å². The Morgan fingerprint density at radius 1 is 1.50 bits per heavy atom. The summed E-state index contributed by atoms with van der Waals surface area (Å²) in [6.45, 7) is 6.38. The van der Waals surface area contributed by atoms with Gasteiger partial charge in [-0.05, 0) is 6.92 Å². The van der Waals surface area contributed by atoms with E-state index in [0.29, 0.717) is 12.4 Å². The molecular weight excluding hydrogens is 236 g/mol. The molecular formula is C11H18N4O3. The predicted molar refractivity (Wildman–Crippen MR) is 63.0 cm³/mol. The number of morpholine rings is 1. The maximum atomic E-state index is 11.5. The maximum absolute atomic E-state index is 11.5. The molecule has 1 saturated heterocycles. The van der Waals surface area contributed by atoms with Crippen molar-refractivity contribution < 1.29 is 14.3 Å². The monoisotopic (exact) mass is 254 g/mol. The second-order valence-corrected chi connectivity index (χ2v) is 4.16. The molecule has 0 amide bonds. The van der Waals surface area contributed by atoms with Gasteiger partial charge in [0.2, 0.25) is 0 Å². The van der Waals surface area contributed by atoms with Gasteiger partial charge in [0.05, 0.1) is 13.2 Å². The first-order valence-corrected chi connectivity index (χ1v) is 6.06. The van der Waals surface area contributed by atoms with E-state index >= 15 is 0 Å². The molecule has 0 aliphatic carbocycles. The summed E-state index contributed by atoms with van der Waals surface area (Å²) >= 11 is 0. The standard InChI is InChI=1S/C11H18N4O3/c1-10-12-9-15(13-10)8-11(16)18-7-4-14-2-5-17-6-3-14/h9H,2-8H2,1H3. The van der Waals surface area contributed by atoms with Crippen LogP contribution < -0.4 is 0 Å². The minimum Gasteiger partial charge on any atom is -0.463 e. The Morgan fingerprint density at radius 2 is 2.28 bits per heavy atom. The van der Waals surface area contributed by atoms with Gasteiger partial charge in [-0.1, -0.05) is 0 Å². The van der Waals surface area contributed by atoms with Crippen LogP contribution in [0.2, 0.25) is 0 Å². The van der Waals surface area contributed by atoms with Crippen LogP contribution in [-0.2, 0) is 20.8 Å². The summed E-state index contributed by atoms with van der Waals surface area (Å²) in [7, 11) is 0. The lowest BCUT2D eigenvalue weighted by atomic mass is 10.4. The first-order chi connectivity index (χ1) is 8.74. The van der Waals surface area contributed by atoms with Gasteiger partial charge in [0.25, 0.3) is 0 Å². The van der Waals surface area contributed by atoms with Crippen molar-refractivity contribution in [3.05, 3.63) is 12.2 Å². The molecule has 1 aliphatic heterocycles. The third-order valence-electron chi connectivity index (χ3n) is 2.72. The molecule has 1 aliphatic rings. The van der Waals surface area contributed by atoms with Gasteiger partial charge in [0, 0.05) is 19.6 Å². The zero-order valence-corrected chi connectivity index (χ0v) is 10.5. The fourth-order valence-corrected chi connectivity index (χ4v) is 1.76. The largest absolute Gasteiger partial charge is 0.463 e. The Labute approximate surface area is 106 Å². The molecule has 100 valence electrons. The van der Waals surface area contributed by atoms with Crippen LogP contribution in [0.4, 0.5) is 0 Å². The van der Waals surface area contributed by atoms with Gasteiger partial charge in [-0.2, -0.15) is 5.10 Å². The Hall–Kier alpha value is -1.47. The van der Waals surface area contributed by atoms with E-state index in [-0.39, 0.29) is 12.5 Å². The van der Waals surface area contributed by atoms with Crippen molar-refractivity contribution in [2.75, 3.05) is 39.5 Å². The number of hydrogen-bond donors (Lipinski definition) is 0. The number of rotatable bonds is 5. The lowest BCUT2D eigenvalue weighted by Gasteiger charge is -2.26. The van der Waals surface area contributed by atoms with Gasteiger partial charge in [-0.15, -0.1) is 0 Å². The Morgan fingerprint density at radius 3 is 2.94 bits per heavy atom. The SMILES string of the molecule is Cc1ncn(CC(=O)OCCN2CCOCC2)n1. The molecule has 1 aromatic heterocycles. The molecule has 0 N–H and O–H groups in total. The molecule has 18 heavy (non-hydrogen) atoms. The number of aryl methyl sites for hydroxylation is 1. The Bertz CT molecular complexity index is 387. The van der Waals surface area contributed by atoms with Gasteiger partial charge < -0.3 is 9.47 Å². The van der Waals surface area contributed by atoms with E-state index < -0.39 is 0 Å². The summed E-state index contributed by atoms with van der Waals surface area (Å²) in [5.74, 6) is 0.365. The first-order valence-electron chi connectivity index (χ1n) is 6.06. The fraction of sp³-hybridized carbons (Fsp3) is 0.727. The zero-order chi connectivity index (χ0) is 12.8. The summed E-state index contributed by atoms with van der Waals surface area (Å²) in [4.78, 5) is 17.7. The number of carbonyl (C=O) groups excluding carboxylic acids is 1. The van der Waals surface area contributed by atoms with Crippen molar-refractivity contribution in [1.82, 2.24) is 19.7 Å². The number of nitrogens with zero attached hydrogens (tertiary/aromatic N) is 4. The van der Waals surface area contributed by atoms with Crippen molar-refractivity contribution in [3.63, 3.8) is 0 Å². The minimum atomic E-state index is -0.284. The molecule has 2 rings (SSSR count). The highest BCUT2D eigenvalue weighted by atomic mass is 16.5. The number of ether oxygens (including phenoxy) is 2. The van der Waals surface area contributed by atoms with Crippen LogP contribution in [-0.4, -0.2) is 65.1 Å². The van der Waals surface area contributed by atoms with E-state index in [1.165, 1.54) is 11.0 Å². The predicted octanol–water partition coefficient (Wildman–Crippen LogP) is -0.538. The first kappa shape index (κ1) is 13.0. The molecule has 0 spiro atoms. The van der Waals surface area contributed by atoms with Crippen LogP contribution in [0, 0.1) is 6.92 Å². The number of hydrogen-bond acceptors (Lipinski definition) is 6. The average Bonchev–Trinajstić information content (AvgIpc) is 2.76. The molecule has 0 atom stereocenters. The molecule has 0 bridgehead atoms. The molecule has 0 unspecified atom stereocenters. The third kappa shape index (κ3) is 4.08. The zero-order valence-electron chi connectivity index (χ0n) is 10.5. The summed E-state index contributed by atoms with van der Waals surface area (Å²) < 4.78 is 11.9. The lowest BCUT2D eigenvalue weighted by Crippen LogP contribution is -2.38. The molecule has 7 nitrogen and oxygen atoms in total. The van der Waals surface area contributed by atoms with Crippen molar-refractivity contribution in [2.45, 2.75) is 13.5 Å². The van der Waals surface area contributed by atoms with Crippen molar-refractivity contribution in [3.8, 4) is 0 Å². The van der Waals surface area contributed by atoms with E-state index in [2.05, 4.69) is 15.0 Å². The quantitative estimate of drug-likeness (QED) is 0.657. The smallest absolute Gasteiger partial charge is 0.327 e. The van der Waals surface area contributed by atoms with Gasteiger partial charge in [-0.25, -0.2) is 9.67 Å². The van der Waals surface area contributed by atoms with Crippen LogP contribution in [0.5, 0.6) is 0 Å². The highest BCUT2D eigenvalue weighted by molar-refractivity contribution is 5.68. The molecule has 0 saturated carbocycles. The Balaban J connectivity index is 1.62. The second kappa shape index (κ2) is 6.46. The maximum Gasteiger partial charge on any atom is 0.327 e. The third-order valence-corrected chi connectivity index (χ3v) is 2.72. The van der Waals surface area contributed by atoms with Crippen molar-refractivity contribution in [1.29, 1.82) is 0 Å². The van der Waals surface area contributed by atoms with E-state index in [1.54, 1.807) is 6.92 Å². The molecule has 0 radical (unpaired) electrons. The summed E-state index contributed by atoms with van der Waals surface area (Å²) in [6, 6.07) is 0. The van der Waals surface area contributed by atoms with E-state index in [1.807, 2.05) is 0 Å². The van der Waals surface area contributed by atoms with Gasteiger partial charge in [0.15, 0.2) is 0 Å². The number of carbonyl (C=O) groups is 1. The highest BCUT2D eigenvalue weighted by Gasteiger charge is 2.11. The molecule has 0 aromatic carbocycles. The van der Waals surface area contributed by atoms with Gasteiger partial charge in [-0.3, -0.25) is 9.69 Å². The summed E-state index contributed by atoms with van der Waals surface area (Å²) in [5.41, 5.74) is 0. The molecule has 1 fully saturated rings. The van der Waals surface area contributed by atoms with Crippen LogP contribution in [0.3, 0.4) is 0 Å². The topological polar surface area (TPSA) is 69.5 Å². The molecule has 7 heteroatoms. The lowest BCUT2D eigenvalue weighted by molar-refractivity contribution is -0.145. The van der Waals surface area contributed by atoms with E-state index in [0.717, 1.165) is 32.8 Å². The molecule has 1 aromatic rings. The fourth-order valence-electron chi connectivity index (χ4n) is 1.76. The van der Waals surface area contributed by atoms with E-state index in [9.17, 15) is 4.79 Å². The van der Waals surface area contributed by atoms with Crippen LogP contribution in [0.15, 0.2) is 6.33 Å². The van der Waals surface area contributed by atoms with Crippen LogP contribution in [0.25, 0.3) is 0 Å². The van der Waals surface area contributed by atoms with Crippen molar-refractivity contribution in [2.24, 2.45) is 0 Å².